The first-order chi connectivity index (χ1) is 9.56. The molecule has 0 saturated heterocycles. The van der Waals surface area contributed by atoms with Crippen LogP contribution in [-0.2, 0) is 0 Å². The molecule has 0 amide bonds. The molecule has 3 aromatic rings. The van der Waals surface area contributed by atoms with E-state index in [2.05, 4.69) is 4.98 Å². The number of hydrogen-bond donors (Lipinski definition) is 1. The summed E-state index contributed by atoms with van der Waals surface area (Å²) >= 11 is 0. The Labute approximate surface area is 114 Å². The van der Waals surface area contributed by atoms with Gasteiger partial charge in [-0.05, 0) is 36.8 Å². The predicted molar refractivity (Wildman–Crippen MR) is 75.1 cm³/mol. The number of halogens is 1. The summed E-state index contributed by atoms with van der Waals surface area (Å²) in [5, 5.41) is 11.5. The van der Waals surface area contributed by atoms with E-state index in [1.807, 2.05) is 6.92 Å². The molecule has 0 fully saturated rings. The summed E-state index contributed by atoms with van der Waals surface area (Å²) in [7, 11) is 0. The molecule has 100 valence electrons. The standard InChI is InChI=1S/C15H11FN2O2/c1-9-5-6-10(12(16)7-9)14-8-11-13(17-14)3-2-4-15(11)18(19)20/h2-8,17H,1H3. The van der Waals surface area contributed by atoms with Gasteiger partial charge in [0.25, 0.3) is 5.69 Å². The molecule has 20 heavy (non-hydrogen) atoms. The second kappa shape index (κ2) is 4.45. The molecule has 2 aromatic carbocycles. The highest BCUT2D eigenvalue weighted by Crippen LogP contribution is 2.31. The first-order valence-electron chi connectivity index (χ1n) is 6.09. The van der Waals surface area contributed by atoms with Crippen molar-refractivity contribution in [3.63, 3.8) is 0 Å². The molecule has 0 aliphatic heterocycles. The number of rotatable bonds is 2. The maximum absolute atomic E-state index is 14.0. The van der Waals surface area contributed by atoms with Gasteiger partial charge >= 0.3 is 0 Å². The lowest BCUT2D eigenvalue weighted by Crippen LogP contribution is -1.87. The number of aromatic amines is 1. The molecule has 0 atom stereocenters. The third-order valence-corrected chi connectivity index (χ3v) is 3.25. The molecule has 1 aromatic heterocycles. The van der Waals surface area contributed by atoms with E-state index >= 15 is 0 Å². The number of non-ortho nitro benzene ring substituents is 1. The topological polar surface area (TPSA) is 58.9 Å². The first-order valence-corrected chi connectivity index (χ1v) is 6.09. The van der Waals surface area contributed by atoms with E-state index in [-0.39, 0.29) is 11.5 Å². The van der Waals surface area contributed by atoms with E-state index in [1.165, 1.54) is 12.1 Å². The summed E-state index contributed by atoms with van der Waals surface area (Å²) in [6, 6.07) is 11.3. The lowest BCUT2D eigenvalue weighted by molar-refractivity contribution is -0.383. The van der Waals surface area contributed by atoms with Gasteiger partial charge in [-0.2, -0.15) is 0 Å². The minimum Gasteiger partial charge on any atom is -0.354 e. The lowest BCUT2D eigenvalue weighted by atomic mass is 10.1. The van der Waals surface area contributed by atoms with Crippen LogP contribution in [0.15, 0.2) is 42.5 Å². The Bertz CT molecular complexity index is 824. The second-order valence-corrected chi connectivity index (χ2v) is 4.66. The molecule has 1 heterocycles. The number of nitro groups is 1. The third kappa shape index (κ3) is 1.93. The van der Waals surface area contributed by atoms with Crippen molar-refractivity contribution in [1.82, 2.24) is 4.98 Å². The molecule has 0 radical (unpaired) electrons. The van der Waals surface area contributed by atoms with Gasteiger partial charge in [0.2, 0.25) is 0 Å². The Morgan fingerprint density at radius 2 is 2.00 bits per heavy atom. The molecule has 1 N–H and O–H groups in total. The van der Waals surface area contributed by atoms with Crippen LogP contribution in [-0.4, -0.2) is 9.91 Å². The second-order valence-electron chi connectivity index (χ2n) is 4.66. The average Bonchev–Trinajstić information content (AvgIpc) is 2.81. The number of H-pyrrole nitrogens is 1. The number of nitro benzene ring substituents is 1. The van der Waals surface area contributed by atoms with Crippen LogP contribution in [0.4, 0.5) is 10.1 Å². The number of aromatic nitrogens is 1. The van der Waals surface area contributed by atoms with Gasteiger partial charge in [0.1, 0.15) is 5.82 Å². The van der Waals surface area contributed by atoms with Crippen LogP contribution < -0.4 is 0 Å². The minimum atomic E-state index is -0.439. The van der Waals surface area contributed by atoms with Crippen molar-refractivity contribution in [3.05, 3.63) is 64.0 Å². The van der Waals surface area contributed by atoms with Gasteiger partial charge in [-0.25, -0.2) is 4.39 Å². The van der Waals surface area contributed by atoms with Crippen LogP contribution in [0, 0.1) is 22.9 Å². The minimum absolute atomic E-state index is 0.0116. The smallest absolute Gasteiger partial charge is 0.278 e. The fourth-order valence-electron chi connectivity index (χ4n) is 2.28. The normalized spacial score (nSPS) is 10.9. The van der Waals surface area contributed by atoms with E-state index in [0.717, 1.165) is 5.56 Å². The highest BCUT2D eigenvalue weighted by Gasteiger charge is 2.15. The molecule has 5 heteroatoms. The van der Waals surface area contributed by atoms with Gasteiger partial charge in [-0.1, -0.05) is 12.1 Å². The molecular formula is C15H11FN2O2. The van der Waals surface area contributed by atoms with Gasteiger partial charge in [0.15, 0.2) is 0 Å². The molecule has 0 aliphatic rings. The van der Waals surface area contributed by atoms with Gasteiger partial charge in [0, 0.05) is 17.3 Å². The molecule has 0 unspecified atom stereocenters. The average molecular weight is 270 g/mol. The molecule has 0 spiro atoms. The van der Waals surface area contributed by atoms with Crippen LogP contribution in [0.2, 0.25) is 0 Å². The Morgan fingerprint density at radius 1 is 1.20 bits per heavy atom. The maximum Gasteiger partial charge on any atom is 0.278 e. The summed E-state index contributed by atoms with van der Waals surface area (Å²) in [6.07, 6.45) is 0. The molecule has 0 aliphatic carbocycles. The largest absolute Gasteiger partial charge is 0.354 e. The van der Waals surface area contributed by atoms with Crippen molar-refractivity contribution in [2.75, 3.05) is 0 Å². The quantitative estimate of drug-likeness (QED) is 0.560. The van der Waals surface area contributed by atoms with Gasteiger partial charge in [0.05, 0.1) is 15.8 Å². The number of nitrogens with one attached hydrogen (secondary N) is 1. The van der Waals surface area contributed by atoms with Gasteiger partial charge in [-0.15, -0.1) is 0 Å². The monoisotopic (exact) mass is 270 g/mol. The number of benzene rings is 2. The van der Waals surface area contributed by atoms with Crippen LogP contribution in [0.25, 0.3) is 22.2 Å². The van der Waals surface area contributed by atoms with E-state index in [4.69, 9.17) is 0 Å². The Balaban J connectivity index is 2.23. The summed E-state index contributed by atoms with van der Waals surface area (Å²) in [4.78, 5) is 13.6. The fraction of sp³-hybridized carbons (Fsp3) is 0.0667. The van der Waals surface area contributed by atoms with Crippen molar-refractivity contribution >= 4 is 16.6 Å². The van der Waals surface area contributed by atoms with Gasteiger partial charge < -0.3 is 4.98 Å². The summed E-state index contributed by atoms with van der Waals surface area (Å²) < 4.78 is 14.0. The number of hydrogen-bond acceptors (Lipinski definition) is 2. The molecule has 4 nitrogen and oxygen atoms in total. The zero-order chi connectivity index (χ0) is 14.3. The van der Waals surface area contributed by atoms with Crippen molar-refractivity contribution < 1.29 is 9.31 Å². The summed E-state index contributed by atoms with van der Waals surface area (Å²) in [6.45, 7) is 1.81. The van der Waals surface area contributed by atoms with Crippen molar-refractivity contribution in [2.45, 2.75) is 6.92 Å². The Kier molecular flexibility index (Phi) is 2.75. The first kappa shape index (κ1) is 12.3. The SMILES string of the molecule is Cc1ccc(-c2cc3c([N+](=O)[O-])cccc3[nH]2)c(F)c1. The molecular weight excluding hydrogens is 259 g/mol. The summed E-state index contributed by atoms with van der Waals surface area (Å²) in [5.74, 6) is -0.348. The van der Waals surface area contributed by atoms with Crippen molar-refractivity contribution in [1.29, 1.82) is 0 Å². The summed E-state index contributed by atoms with van der Waals surface area (Å²) in [5.41, 5.74) is 2.40. The van der Waals surface area contributed by atoms with Crippen molar-refractivity contribution in [2.24, 2.45) is 0 Å². The molecule has 0 bridgehead atoms. The van der Waals surface area contributed by atoms with E-state index < -0.39 is 4.92 Å². The molecule has 3 rings (SSSR count). The zero-order valence-electron chi connectivity index (χ0n) is 10.7. The van der Waals surface area contributed by atoms with Crippen molar-refractivity contribution in [3.8, 4) is 11.3 Å². The molecule has 0 saturated carbocycles. The Hall–Kier alpha value is -2.69. The third-order valence-electron chi connectivity index (χ3n) is 3.25. The maximum atomic E-state index is 14.0. The Morgan fingerprint density at radius 3 is 2.70 bits per heavy atom. The fourth-order valence-corrected chi connectivity index (χ4v) is 2.28. The highest BCUT2D eigenvalue weighted by atomic mass is 19.1. The number of nitrogens with zero attached hydrogens (tertiary/aromatic N) is 1. The highest BCUT2D eigenvalue weighted by molar-refractivity contribution is 5.93. The van der Waals surface area contributed by atoms with Crippen LogP contribution in [0.3, 0.4) is 0 Å². The van der Waals surface area contributed by atoms with Gasteiger partial charge in [-0.3, -0.25) is 10.1 Å². The van der Waals surface area contributed by atoms with E-state index in [0.29, 0.717) is 22.2 Å². The van der Waals surface area contributed by atoms with Crippen LogP contribution in [0.5, 0.6) is 0 Å². The lowest BCUT2D eigenvalue weighted by Gasteiger charge is -2.01. The van der Waals surface area contributed by atoms with E-state index in [9.17, 15) is 14.5 Å². The number of fused-ring (bicyclic) bond motifs is 1. The predicted octanol–water partition coefficient (Wildman–Crippen LogP) is 4.19. The van der Waals surface area contributed by atoms with Crippen LogP contribution >= 0.6 is 0 Å². The van der Waals surface area contributed by atoms with E-state index in [1.54, 1.807) is 30.3 Å². The zero-order valence-corrected chi connectivity index (χ0v) is 10.7. The van der Waals surface area contributed by atoms with Crippen LogP contribution in [0.1, 0.15) is 5.56 Å². The number of aryl methyl sites for hydroxylation is 1.